The van der Waals surface area contributed by atoms with Gasteiger partial charge < -0.3 is 9.72 Å². The van der Waals surface area contributed by atoms with E-state index in [4.69, 9.17) is 4.74 Å². The second-order valence-electron chi connectivity index (χ2n) is 6.86. The number of H-pyrrole nitrogens is 1. The third-order valence-electron chi connectivity index (χ3n) is 4.97. The minimum atomic E-state index is -0.637. The highest BCUT2D eigenvalue weighted by Gasteiger charge is 2.18. The van der Waals surface area contributed by atoms with Crippen LogP contribution in [0.3, 0.4) is 0 Å². The monoisotopic (exact) mass is 392 g/mol. The minimum Gasteiger partial charge on any atom is -0.454 e. The standard InChI is InChI=1S/C22H20N2O3S/c1-12-14(3)28-22-19(12)21(26)23-20(24-22)13(2)27-18(25)11-16-9-6-8-15-7-4-5-10-17(15)16/h4-10,13H,11H2,1-3H3,(H,23,24,26)/t13-/m0/s1. The van der Waals surface area contributed by atoms with Crippen LogP contribution in [-0.2, 0) is 16.0 Å². The molecule has 2 aromatic carbocycles. The largest absolute Gasteiger partial charge is 0.454 e. The van der Waals surface area contributed by atoms with Crippen LogP contribution in [0.2, 0.25) is 0 Å². The number of nitrogens with one attached hydrogen (secondary N) is 1. The molecule has 1 N–H and O–H groups in total. The zero-order valence-corrected chi connectivity index (χ0v) is 16.7. The summed E-state index contributed by atoms with van der Waals surface area (Å²) in [5.41, 5.74) is 1.66. The fraction of sp³-hybridized carbons (Fsp3) is 0.227. The molecule has 0 spiro atoms. The summed E-state index contributed by atoms with van der Waals surface area (Å²) in [6, 6.07) is 13.8. The van der Waals surface area contributed by atoms with Crippen molar-refractivity contribution >= 4 is 38.3 Å². The molecule has 4 rings (SSSR count). The molecule has 142 valence electrons. The number of carbonyl (C=O) groups is 1. The summed E-state index contributed by atoms with van der Waals surface area (Å²) in [5.74, 6) is 0.00941. The maximum Gasteiger partial charge on any atom is 0.310 e. The van der Waals surface area contributed by atoms with Crippen LogP contribution in [0, 0.1) is 13.8 Å². The highest BCUT2D eigenvalue weighted by atomic mass is 32.1. The predicted octanol–water partition coefficient (Wildman–Crippen LogP) is 4.60. The van der Waals surface area contributed by atoms with E-state index in [0.717, 1.165) is 26.8 Å². The summed E-state index contributed by atoms with van der Waals surface area (Å²) in [6.07, 6.45) is -0.475. The Balaban J connectivity index is 1.56. The van der Waals surface area contributed by atoms with Crippen LogP contribution in [0.1, 0.15) is 34.9 Å². The van der Waals surface area contributed by atoms with E-state index in [0.29, 0.717) is 16.0 Å². The molecule has 0 unspecified atom stereocenters. The summed E-state index contributed by atoms with van der Waals surface area (Å²) < 4.78 is 5.56. The van der Waals surface area contributed by atoms with Crippen molar-refractivity contribution in [1.29, 1.82) is 0 Å². The number of benzene rings is 2. The minimum absolute atomic E-state index is 0.162. The molecule has 5 nitrogen and oxygen atoms in total. The second-order valence-corrected chi connectivity index (χ2v) is 8.06. The molecular weight excluding hydrogens is 372 g/mol. The van der Waals surface area contributed by atoms with E-state index in [1.165, 1.54) is 11.3 Å². The lowest BCUT2D eigenvalue weighted by Gasteiger charge is -2.13. The van der Waals surface area contributed by atoms with Gasteiger partial charge in [-0.05, 0) is 42.7 Å². The van der Waals surface area contributed by atoms with E-state index in [1.807, 2.05) is 56.3 Å². The van der Waals surface area contributed by atoms with Gasteiger partial charge >= 0.3 is 5.97 Å². The third kappa shape index (κ3) is 3.31. The molecule has 28 heavy (non-hydrogen) atoms. The number of nitrogens with zero attached hydrogens (tertiary/aromatic N) is 1. The number of aryl methyl sites for hydroxylation is 2. The number of carbonyl (C=O) groups excluding carboxylic acids is 1. The molecule has 0 amide bonds. The Bertz CT molecular complexity index is 1250. The van der Waals surface area contributed by atoms with Gasteiger partial charge in [0.15, 0.2) is 11.9 Å². The molecular formula is C22H20N2O3S. The Morgan fingerprint density at radius 3 is 2.75 bits per heavy atom. The maximum absolute atomic E-state index is 12.5. The fourth-order valence-electron chi connectivity index (χ4n) is 3.36. The SMILES string of the molecule is Cc1sc2nc([C@H](C)OC(=O)Cc3cccc4ccccc34)[nH]c(=O)c2c1C. The lowest BCUT2D eigenvalue weighted by molar-refractivity contribution is -0.148. The summed E-state index contributed by atoms with van der Waals surface area (Å²) in [6.45, 7) is 5.60. The molecule has 0 radical (unpaired) electrons. The quantitative estimate of drug-likeness (QED) is 0.515. The molecule has 0 bridgehead atoms. The number of rotatable bonds is 4. The van der Waals surface area contributed by atoms with Crippen molar-refractivity contribution in [3.63, 3.8) is 0 Å². The molecule has 6 heteroatoms. The lowest BCUT2D eigenvalue weighted by atomic mass is 10.0. The van der Waals surface area contributed by atoms with Crippen molar-refractivity contribution in [2.45, 2.75) is 33.3 Å². The summed E-state index contributed by atoms with van der Waals surface area (Å²) in [5, 5.41) is 2.73. The summed E-state index contributed by atoms with van der Waals surface area (Å²) in [4.78, 5) is 34.0. The van der Waals surface area contributed by atoms with Crippen LogP contribution in [0.4, 0.5) is 0 Å². The van der Waals surface area contributed by atoms with Gasteiger partial charge in [-0.1, -0.05) is 42.5 Å². The van der Waals surface area contributed by atoms with E-state index >= 15 is 0 Å². The van der Waals surface area contributed by atoms with Crippen molar-refractivity contribution in [2.24, 2.45) is 0 Å². The van der Waals surface area contributed by atoms with Crippen molar-refractivity contribution in [1.82, 2.24) is 9.97 Å². The van der Waals surface area contributed by atoms with Crippen LogP contribution in [0.25, 0.3) is 21.0 Å². The van der Waals surface area contributed by atoms with Gasteiger partial charge in [-0.2, -0.15) is 0 Å². The number of thiophene rings is 1. The van der Waals surface area contributed by atoms with E-state index in [2.05, 4.69) is 9.97 Å². The van der Waals surface area contributed by atoms with Crippen molar-refractivity contribution in [2.75, 3.05) is 0 Å². The maximum atomic E-state index is 12.5. The lowest BCUT2D eigenvalue weighted by Crippen LogP contribution is -2.18. The Hall–Kier alpha value is -2.99. The number of hydrogen-bond acceptors (Lipinski definition) is 5. The first-order valence-electron chi connectivity index (χ1n) is 9.10. The molecule has 2 aromatic heterocycles. The first-order chi connectivity index (χ1) is 13.4. The van der Waals surface area contributed by atoms with Crippen molar-refractivity contribution < 1.29 is 9.53 Å². The molecule has 0 aliphatic heterocycles. The van der Waals surface area contributed by atoms with Crippen LogP contribution >= 0.6 is 11.3 Å². The smallest absolute Gasteiger partial charge is 0.310 e. The van der Waals surface area contributed by atoms with Gasteiger partial charge in [0, 0.05) is 4.88 Å². The van der Waals surface area contributed by atoms with E-state index < -0.39 is 6.10 Å². The third-order valence-corrected chi connectivity index (χ3v) is 6.07. The molecule has 0 aliphatic carbocycles. The Morgan fingerprint density at radius 1 is 1.18 bits per heavy atom. The van der Waals surface area contributed by atoms with Crippen LogP contribution in [-0.4, -0.2) is 15.9 Å². The number of fused-ring (bicyclic) bond motifs is 2. The van der Waals surface area contributed by atoms with Gasteiger partial charge in [0.05, 0.1) is 11.8 Å². The number of aromatic amines is 1. The van der Waals surface area contributed by atoms with Gasteiger partial charge in [0.25, 0.3) is 5.56 Å². The highest BCUT2D eigenvalue weighted by Crippen LogP contribution is 2.27. The Morgan fingerprint density at radius 2 is 1.93 bits per heavy atom. The number of ether oxygens (including phenoxy) is 1. The summed E-state index contributed by atoms with van der Waals surface area (Å²) in [7, 11) is 0. The van der Waals surface area contributed by atoms with E-state index in [9.17, 15) is 9.59 Å². The van der Waals surface area contributed by atoms with Crippen LogP contribution < -0.4 is 5.56 Å². The van der Waals surface area contributed by atoms with E-state index in [1.54, 1.807) is 6.92 Å². The molecule has 0 saturated heterocycles. The highest BCUT2D eigenvalue weighted by molar-refractivity contribution is 7.18. The van der Waals surface area contributed by atoms with Gasteiger partial charge in [0.1, 0.15) is 4.83 Å². The normalized spacial score (nSPS) is 12.4. The Kier molecular flexibility index (Phi) is 4.73. The fourth-order valence-corrected chi connectivity index (χ4v) is 4.40. The van der Waals surface area contributed by atoms with Gasteiger partial charge in [-0.3, -0.25) is 9.59 Å². The van der Waals surface area contributed by atoms with Gasteiger partial charge in [-0.15, -0.1) is 11.3 Å². The number of esters is 1. The number of aromatic nitrogens is 2. The number of hydrogen-bond donors (Lipinski definition) is 1. The van der Waals surface area contributed by atoms with Gasteiger partial charge in [-0.25, -0.2) is 4.98 Å². The van der Waals surface area contributed by atoms with Crippen LogP contribution in [0.15, 0.2) is 47.3 Å². The average Bonchev–Trinajstić information content (AvgIpc) is 2.96. The Labute approximate surface area is 166 Å². The molecule has 4 aromatic rings. The average molecular weight is 392 g/mol. The first-order valence-corrected chi connectivity index (χ1v) is 9.91. The van der Waals surface area contributed by atoms with Gasteiger partial charge in [0.2, 0.25) is 0 Å². The predicted molar refractivity (Wildman–Crippen MR) is 112 cm³/mol. The van der Waals surface area contributed by atoms with Crippen LogP contribution in [0.5, 0.6) is 0 Å². The van der Waals surface area contributed by atoms with Crippen molar-refractivity contribution in [3.8, 4) is 0 Å². The molecule has 0 aliphatic rings. The molecule has 0 saturated carbocycles. The van der Waals surface area contributed by atoms with E-state index in [-0.39, 0.29) is 17.9 Å². The first kappa shape index (κ1) is 18.4. The second kappa shape index (κ2) is 7.20. The van der Waals surface area contributed by atoms with Crippen molar-refractivity contribution in [3.05, 3.63) is 74.6 Å². The zero-order valence-electron chi connectivity index (χ0n) is 15.9. The molecule has 0 fully saturated rings. The molecule has 2 heterocycles. The summed E-state index contributed by atoms with van der Waals surface area (Å²) >= 11 is 1.48. The molecule has 1 atom stereocenters. The zero-order chi connectivity index (χ0) is 19.8. The topological polar surface area (TPSA) is 72.0 Å².